The molecule has 14 heteroatoms. The third-order valence-corrected chi connectivity index (χ3v) is 6.61. The molecule has 0 unspecified atom stereocenters. The number of halogens is 3. The molecule has 1 atom stereocenters. The number of carbonyl (C=O) groups excluding carboxylic acids is 1. The van der Waals surface area contributed by atoms with Crippen molar-refractivity contribution in [2.75, 3.05) is 49.1 Å². The number of hydrogen-bond donors (Lipinski definition) is 1. The third-order valence-electron chi connectivity index (χ3n) is 6.61. The van der Waals surface area contributed by atoms with Crippen molar-refractivity contribution >= 4 is 17.5 Å². The second-order valence-corrected chi connectivity index (χ2v) is 8.99. The number of rotatable bonds is 6. The fourth-order valence-electron chi connectivity index (χ4n) is 4.76. The van der Waals surface area contributed by atoms with Gasteiger partial charge < -0.3 is 19.4 Å². The van der Waals surface area contributed by atoms with Gasteiger partial charge in [-0.2, -0.15) is 18.3 Å². The molecule has 3 aromatic heterocycles. The van der Waals surface area contributed by atoms with Gasteiger partial charge in [0, 0.05) is 51.3 Å². The van der Waals surface area contributed by atoms with Crippen molar-refractivity contribution in [1.82, 2.24) is 30.0 Å². The zero-order chi connectivity index (χ0) is 26.7. The molecule has 5 rings (SSSR count). The minimum Gasteiger partial charge on any atom is -0.490 e. The Morgan fingerprint density at radius 3 is 2.58 bits per heavy atom. The summed E-state index contributed by atoms with van der Waals surface area (Å²) in [7, 11) is 0. The third kappa shape index (κ3) is 5.38. The first-order valence-electron chi connectivity index (χ1n) is 12.1. The van der Waals surface area contributed by atoms with E-state index >= 15 is 0 Å². The molecule has 0 radical (unpaired) electrons. The number of alkyl halides is 3. The first kappa shape index (κ1) is 25.4. The van der Waals surface area contributed by atoms with Crippen LogP contribution in [0.15, 0.2) is 47.9 Å². The summed E-state index contributed by atoms with van der Waals surface area (Å²) in [5.41, 5.74) is -2.47. The molecule has 2 aliphatic rings. The lowest BCUT2D eigenvalue weighted by Crippen LogP contribution is -2.49. The van der Waals surface area contributed by atoms with Gasteiger partial charge in [-0.1, -0.05) is 0 Å². The van der Waals surface area contributed by atoms with Gasteiger partial charge in [0.1, 0.15) is 17.9 Å². The number of aromatic amines is 1. The zero-order valence-electron chi connectivity index (χ0n) is 20.3. The first-order valence-corrected chi connectivity index (χ1v) is 12.1. The molecular formula is C24H25F3N8O3. The number of anilines is 2. The van der Waals surface area contributed by atoms with Crippen LogP contribution in [0.25, 0.3) is 0 Å². The van der Waals surface area contributed by atoms with E-state index in [-0.39, 0.29) is 18.2 Å². The van der Waals surface area contributed by atoms with E-state index in [9.17, 15) is 22.8 Å². The first-order chi connectivity index (χ1) is 18.3. The number of pyridine rings is 1. The van der Waals surface area contributed by atoms with Crippen LogP contribution in [0, 0.1) is 0 Å². The average Bonchev–Trinajstić information content (AvgIpc) is 3.40. The van der Waals surface area contributed by atoms with Crippen molar-refractivity contribution in [2.24, 2.45) is 0 Å². The molecule has 2 fully saturated rings. The Hall–Kier alpha value is -4.23. The molecule has 1 amide bonds. The van der Waals surface area contributed by atoms with E-state index in [1.807, 2.05) is 10.00 Å². The molecule has 0 bridgehead atoms. The van der Waals surface area contributed by atoms with E-state index in [1.165, 1.54) is 17.3 Å². The van der Waals surface area contributed by atoms with Crippen molar-refractivity contribution in [3.05, 3.63) is 64.6 Å². The minimum absolute atomic E-state index is 0.0547. The molecule has 5 heterocycles. The van der Waals surface area contributed by atoms with Gasteiger partial charge in [0.25, 0.3) is 11.5 Å². The van der Waals surface area contributed by atoms with Crippen molar-refractivity contribution in [2.45, 2.75) is 25.1 Å². The Balaban J connectivity index is 1.22. The predicted molar refractivity (Wildman–Crippen MR) is 130 cm³/mol. The van der Waals surface area contributed by atoms with E-state index in [4.69, 9.17) is 4.74 Å². The zero-order valence-corrected chi connectivity index (χ0v) is 20.3. The van der Waals surface area contributed by atoms with Gasteiger partial charge in [-0.25, -0.2) is 15.1 Å². The van der Waals surface area contributed by atoms with Crippen LogP contribution < -0.4 is 20.1 Å². The van der Waals surface area contributed by atoms with E-state index in [0.29, 0.717) is 62.8 Å². The monoisotopic (exact) mass is 530 g/mol. The van der Waals surface area contributed by atoms with Gasteiger partial charge in [-0.05, 0) is 25.0 Å². The summed E-state index contributed by atoms with van der Waals surface area (Å²) in [5, 5.41) is 5.43. The summed E-state index contributed by atoms with van der Waals surface area (Å²) in [6, 6.07) is 2.92. The Morgan fingerprint density at radius 2 is 1.84 bits per heavy atom. The maximum absolute atomic E-state index is 13.6. The van der Waals surface area contributed by atoms with Gasteiger partial charge in [0.05, 0.1) is 29.7 Å². The molecule has 0 aromatic carbocycles. The lowest BCUT2D eigenvalue weighted by atomic mass is 10.2. The topological polar surface area (TPSA) is 120 Å². The number of carbonyl (C=O) groups is 1. The molecule has 0 spiro atoms. The number of amides is 1. The number of nitrogens with one attached hydrogen (secondary N) is 1. The predicted octanol–water partition coefficient (Wildman–Crippen LogP) is 1.98. The second-order valence-electron chi connectivity index (χ2n) is 8.99. The van der Waals surface area contributed by atoms with Crippen LogP contribution >= 0.6 is 0 Å². The van der Waals surface area contributed by atoms with Crippen LogP contribution in [0.3, 0.4) is 0 Å². The molecule has 3 aromatic rings. The van der Waals surface area contributed by atoms with Gasteiger partial charge in [-0.15, -0.1) is 0 Å². The highest BCUT2D eigenvalue weighted by Crippen LogP contribution is 2.36. The summed E-state index contributed by atoms with van der Waals surface area (Å²) in [4.78, 5) is 42.8. The summed E-state index contributed by atoms with van der Waals surface area (Å²) < 4.78 is 46.6. The lowest BCUT2D eigenvalue weighted by molar-refractivity contribution is -0.138. The maximum atomic E-state index is 13.6. The molecule has 2 saturated heterocycles. The number of hydrogen-bond acceptors (Lipinski definition) is 9. The van der Waals surface area contributed by atoms with Gasteiger partial charge in [-0.3, -0.25) is 14.6 Å². The fraction of sp³-hybridized carbons (Fsp3) is 0.417. The highest BCUT2D eigenvalue weighted by molar-refractivity contribution is 5.94. The normalized spacial score (nSPS) is 18.1. The molecule has 1 N–H and O–H groups in total. The van der Waals surface area contributed by atoms with Crippen LogP contribution in [-0.4, -0.2) is 81.3 Å². The molecule has 0 saturated carbocycles. The van der Waals surface area contributed by atoms with Gasteiger partial charge in [0.15, 0.2) is 0 Å². The summed E-state index contributed by atoms with van der Waals surface area (Å²) >= 11 is 0. The van der Waals surface area contributed by atoms with Crippen LogP contribution in [0.2, 0.25) is 0 Å². The van der Waals surface area contributed by atoms with E-state index < -0.39 is 23.3 Å². The molecule has 0 aliphatic carbocycles. The largest absolute Gasteiger partial charge is 0.490 e. The van der Waals surface area contributed by atoms with E-state index in [0.717, 1.165) is 6.20 Å². The van der Waals surface area contributed by atoms with E-state index in [2.05, 4.69) is 20.1 Å². The number of ether oxygens (including phenoxy) is 1. The molecule has 11 nitrogen and oxygen atoms in total. The van der Waals surface area contributed by atoms with Crippen molar-refractivity contribution in [3.8, 4) is 5.75 Å². The van der Waals surface area contributed by atoms with Gasteiger partial charge in [0.2, 0.25) is 5.95 Å². The standard InChI is InChI=1S/C24H25F3N8O3/c25-24(26,27)20-19(14-31-32-21(20)36)35-6-1-3-17(35)15-38-18-11-16(12-28-13-18)22(37)33-7-9-34(10-8-33)23-29-4-2-5-30-23/h2,4-5,11-14,17H,1,3,6-10,15H2,(H,32,36)/t17-/m0/s1. The summed E-state index contributed by atoms with van der Waals surface area (Å²) in [5.74, 6) is 0.762. The van der Waals surface area contributed by atoms with Crippen LogP contribution in [0.4, 0.5) is 24.8 Å². The molecule has 38 heavy (non-hydrogen) atoms. The SMILES string of the molecule is O=C(c1cncc(OC[C@@H]2CCCN2c2cn[nH]c(=O)c2C(F)(F)F)c1)N1CCN(c2ncccn2)CC1. The number of aromatic nitrogens is 5. The summed E-state index contributed by atoms with van der Waals surface area (Å²) in [6.45, 7) is 2.55. The van der Waals surface area contributed by atoms with Gasteiger partial charge >= 0.3 is 6.18 Å². The Kier molecular flexibility index (Phi) is 7.11. The lowest BCUT2D eigenvalue weighted by Gasteiger charge is -2.34. The molecule has 200 valence electrons. The Labute approximate surface area is 215 Å². The highest BCUT2D eigenvalue weighted by atomic mass is 19.4. The van der Waals surface area contributed by atoms with Crippen LogP contribution in [0.5, 0.6) is 5.75 Å². The minimum atomic E-state index is -4.82. The fourth-order valence-corrected chi connectivity index (χ4v) is 4.76. The van der Waals surface area contributed by atoms with Crippen molar-refractivity contribution < 1.29 is 22.7 Å². The van der Waals surface area contributed by atoms with Crippen LogP contribution in [-0.2, 0) is 6.18 Å². The number of piperazine rings is 1. The number of H-pyrrole nitrogens is 1. The van der Waals surface area contributed by atoms with E-state index in [1.54, 1.807) is 29.4 Å². The second kappa shape index (κ2) is 10.6. The Morgan fingerprint density at radius 1 is 1.08 bits per heavy atom. The van der Waals surface area contributed by atoms with Crippen molar-refractivity contribution in [1.29, 1.82) is 0 Å². The quantitative estimate of drug-likeness (QED) is 0.510. The maximum Gasteiger partial charge on any atom is 0.423 e. The Bertz CT molecular complexity index is 1330. The van der Waals surface area contributed by atoms with Crippen molar-refractivity contribution in [3.63, 3.8) is 0 Å². The number of nitrogens with zero attached hydrogens (tertiary/aromatic N) is 7. The average molecular weight is 531 g/mol. The highest BCUT2D eigenvalue weighted by Gasteiger charge is 2.40. The smallest absolute Gasteiger partial charge is 0.423 e. The molecule has 2 aliphatic heterocycles. The summed E-state index contributed by atoms with van der Waals surface area (Å²) in [6.07, 6.45) is 3.67. The molecular weight excluding hydrogens is 505 g/mol. The van der Waals surface area contributed by atoms with Crippen LogP contribution in [0.1, 0.15) is 28.8 Å².